The molecule has 0 spiro atoms. The Labute approximate surface area is 116 Å². The van der Waals surface area contributed by atoms with E-state index >= 15 is 0 Å². The number of nitrogens with zero attached hydrogens (tertiary/aromatic N) is 2. The zero-order valence-corrected chi connectivity index (χ0v) is 11.0. The topological polar surface area (TPSA) is 75.0 Å². The van der Waals surface area contributed by atoms with Crippen LogP contribution >= 0.6 is 0 Å². The Balaban J connectivity index is 1.99. The Morgan fingerprint density at radius 2 is 2.05 bits per heavy atom. The summed E-state index contributed by atoms with van der Waals surface area (Å²) < 4.78 is 5.06. The van der Waals surface area contributed by atoms with E-state index in [1.54, 1.807) is 25.3 Å². The molecular weight excluding hydrogens is 254 g/mol. The molecular formula is C15H13N3O2. The van der Waals surface area contributed by atoms with Crippen LogP contribution in [-0.4, -0.2) is 18.0 Å². The molecule has 0 unspecified atom stereocenters. The number of hydrogen-bond donors (Lipinski definition) is 1. The number of aromatic nitrogens is 1. The number of hydrogen-bond acceptors (Lipinski definition) is 4. The number of carbonyl (C=O) groups excluding carboxylic acids is 1. The highest BCUT2D eigenvalue weighted by molar-refractivity contribution is 5.92. The Morgan fingerprint density at radius 3 is 2.70 bits per heavy atom. The van der Waals surface area contributed by atoms with Gasteiger partial charge in [0, 0.05) is 6.54 Å². The molecule has 1 N–H and O–H groups in total. The number of pyridine rings is 1. The lowest BCUT2D eigenvalue weighted by atomic mass is 10.2. The predicted molar refractivity (Wildman–Crippen MR) is 73.1 cm³/mol. The van der Waals surface area contributed by atoms with Crippen molar-refractivity contribution >= 4 is 5.91 Å². The maximum absolute atomic E-state index is 11.9. The molecule has 0 saturated heterocycles. The fourth-order valence-corrected chi connectivity index (χ4v) is 1.64. The quantitative estimate of drug-likeness (QED) is 0.917. The van der Waals surface area contributed by atoms with E-state index in [4.69, 9.17) is 10.00 Å². The number of methoxy groups -OCH3 is 1. The van der Waals surface area contributed by atoms with Gasteiger partial charge in [-0.25, -0.2) is 4.98 Å². The van der Waals surface area contributed by atoms with E-state index in [-0.39, 0.29) is 17.3 Å². The van der Waals surface area contributed by atoms with Gasteiger partial charge in [0.2, 0.25) is 0 Å². The first kappa shape index (κ1) is 13.6. The van der Waals surface area contributed by atoms with Crippen LogP contribution in [0.15, 0.2) is 42.5 Å². The number of benzene rings is 1. The minimum atomic E-state index is -0.307. The second-order valence-corrected chi connectivity index (χ2v) is 4.05. The fourth-order valence-electron chi connectivity index (χ4n) is 1.64. The summed E-state index contributed by atoms with van der Waals surface area (Å²) in [5.74, 6) is 0.460. The summed E-state index contributed by atoms with van der Waals surface area (Å²) >= 11 is 0. The van der Waals surface area contributed by atoms with Gasteiger partial charge in [-0.1, -0.05) is 18.2 Å². The lowest BCUT2D eigenvalue weighted by molar-refractivity contribution is 0.0946. The Hall–Kier alpha value is -2.87. The van der Waals surface area contributed by atoms with Crippen LogP contribution in [-0.2, 0) is 6.54 Å². The van der Waals surface area contributed by atoms with Crippen molar-refractivity contribution in [2.45, 2.75) is 6.54 Å². The monoisotopic (exact) mass is 267 g/mol. The summed E-state index contributed by atoms with van der Waals surface area (Å²) in [7, 11) is 1.60. The lowest BCUT2D eigenvalue weighted by Crippen LogP contribution is -2.23. The minimum Gasteiger partial charge on any atom is -0.497 e. The molecule has 2 aromatic rings. The molecule has 0 aliphatic rings. The van der Waals surface area contributed by atoms with E-state index in [1.807, 2.05) is 30.3 Å². The van der Waals surface area contributed by atoms with Crippen molar-refractivity contribution in [3.8, 4) is 11.8 Å². The fraction of sp³-hybridized carbons (Fsp3) is 0.133. The normalized spacial score (nSPS) is 9.60. The van der Waals surface area contributed by atoms with E-state index in [9.17, 15) is 4.79 Å². The second-order valence-electron chi connectivity index (χ2n) is 4.05. The summed E-state index contributed by atoms with van der Waals surface area (Å²) in [4.78, 5) is 15.8. The molecule has 0 saturated carbocycles. The molecule has 1 heterocycles. The van der Waals surface area contributed by atoms with Gasteiger partial charge in [0.1, 0.15) is 23.2 Å². The van der Waals surface area contributed by atoms with Gasteiger partial charge in [-0.15, -0.1) is 0 Å². The molecule has 20 heavy (non-hydrogen) atoms. The molecule has 1 aromatic heterocycles. The third-order valence-electron chi connectivity index (χ3n) is 2.71. The molecule has 0 fully saturated rings. The van der Waals surface area contributed by atoms with E-state index < -0.39 is 0 Å². The summed E-state index contributed by atoms with van der Waals surface area (Å²) in [6.07, 6.45) is 0. The van der Waals surface area contributed by atoms with Gasteiger partial charge in [-0.05, 0) is 29.8 Å². The minimum absolute atomic E-state index is 0.224. The molecule has 5 nitrogen and oxygen atoms in total. The van der Waals surface area contributed by atoms with Gasteiger partial charge in [0.25, 0.3) is 5.91 Å². The van der Waals surface area contributed by atoms with E-state index in [2.05, 4.69) is 10.3 Å². The third-order valence-corrected chi connectivity index (χ3v) is 2.71. The first-order chi connectivity index (χ1) is 9.72. The van der Waals surface area contributed by atoms with Gasteiger partial charge >= 0.3 is 0 Å². The van der Waals surface area contributed by atoms with Crippen molar-refractivity contribution in [1.29, 1.82) is 5.26 Å². The van der Waals surface area contributed by atoms with Gasteiger partial charge in [0.05, 0.1) is 7.11 Å². The summed E-state index contributed by atoms with van der Waals surface area (Å²) in [6.45, 7) is 0.390. The zero-order valence-electron chi connectivity index (χ0n) is 11.0. The third kappa shape index (κ3) is 3.33. The van der Waals surface area contributed by atoms with Gasteiger partial charge in [-0.2, -0.15) is 5.26 Å². The number of amides is 1. The van der Waals surface area contributed by atoms with Crippen molar-refractivity contribution in [2.75, 3.05) is 7.11 Å². The average Bonchev–Trinajstić information content (AvgIpc) is 2.53. The number of rotatable bonds is 4. The van der Waals surface area contributed by atoms with Gasteiger partial charge in [-0.3, -0.25) is 4.79 Å². The molecule has 2 rings (SSSR count). The van der Waals surface area contributed by atoms with Crippen molar-refractivity contribution < 1.29 is 9.53 Å². The van der Waals surface area contributed by atoms with Crippen LogP contribution in [0.1, 0.15) is 21.7 Å². The molecule has 0 atom stereocenters. The Morgan fingerprint density at radius 1 is 1.30 bits per heavy atom. The number of ether oxygens (including phenoxy) is 1. The maximum atomic E-state index is 11.9. The summed E-state index contributed by atoms with van der Waals surface area (Å²) in [5.41, 5.74) is 1.41. The average molecular weight is 267 g/mol. The van der Waals surface area contributed by atoms with E-state index in [0.717, 1.165) is 11.3 Å². The first-order valence-electron chi connectivity index (χ1n) is 6.01. The first-order valence-corrected chi connectivity index (χ1v) is 6.01. The summed E-state index contributed by atoms with van der Waals surface area (Å²) in [6, 6.07) is 14.1. The molecule has 100 valence electrons. The smallest absolute Gasteiger partial charge is 0.270 e. The van der Waals surface area contributed by atoms with Crippen molar-refractivity contribution in [1.82, 2.24) is 10.3 Å². The van der Waals surface area contributed by atoms with Crippen LogP contribution in [0.5, 0.6) is 5.75 Å². The molecule has 1 amide bonds. The largest absolute Gasteiger partial charge is 0.497 e. The van der Waals surface area contributed by atoms with Crippen LogP contribution in [0.3, 0.4) is 0 Å². The molecule has 1 aromatic carbocycles. The standard InChI is InChI=1S/C15H13N3O2/c1-20-13-7-5-11(6-8-13)10-17-15(19)14-4-2-3-12(9-16)18-14/h2-8H,10H2,1H3,(H,17,19). The number of nitriles is 1. The molecule has 0 aliphatic heterocycles. The van der Waals surface area contributed by atoms with Crippen LogP contribution in [0.25, 0.3) is 0 Å². The van der Waals surface area contributed by atoms with E-state index in [0.29, 0.717) is 6.54 Å². The highest BCUT2D eigenvalue weighted by atomic mass is 16.5. The van der Waals surface area contributed by atoms with Crippen LogP contribution in [0.4, 0.5) is 0 Å². The zero-order chi connectivity index (χ0) is 14.4. The Kier molecular flexibility index (Phi) is 4.30. The molecule has 0 radical (unpaired) electrons. The van der Waals surface area contributed by atoms with E-state index in [1.165, 1.54) is 0 Å². The van der Waals surface area contributed by atoms with Gasteiger partial charge in [0.15, 0.2) is 0 Å². The molecule has 0 bridgehead atoms. The van der Waals surface area contributed by atoms with Crippen molar-refractivity contribution in [3.05, 3.63) is 59.4 Å². The highest BCUT2D eigenvalue weighted by Crippen LogP contribution is 2.11. The van der Waals surface area contributed by atoms with Crippen molar-refractivity contribution in [3.63, 3.8) is 0 Å². The van der Waals surface area contributed by atoms with Crippen molar-refractivity contribution in [2.24, 2.45) is 0 Å². The van der Waals surface area contributed by atoms with Crippen LogP contribution in [0, 0.1) is 11.3 Å². The highest BCUT2D eigenvalue weighted by Gasteiger charge is 2.07. The summed E-state index contributed by atoms with van der Waals surface area (Å²) in [5, 5.41) is 11.5. The predicted octanol–water partition coefficient (Wildman–Crippen LogP) is 1.89. The Bertz CT molecular complexity index is 645. The lowest BCUT2D eigenvalue weighted by Gasteiger charge is -2.06. The maximum Gasteiger partial charge on any atom is 0.270 e. The number of carbonyl (C=O) groups is 1. The molecule has 0 aliphatic carbocycles. The van der Waals surface area contributed by atoms with Gasteiger partial charge < -0.3 is 10.1 Å². The van der Waals surface area contributed by atoms with Crippen LogP contribution < -0.4 is 10.1 Å². The SMILES string of the molecule is COc1ccc(CNC(=O)c2cccc(C#N)n2)cc1. The van der Waals surface area contributed by atoms with Crippen LogP contribution in [0.2, 0.25) is 0 Å². The molecule has 5 heteroatoms. The number of nitrogens with one attached hydrogen (secondary N) is 1. The second kappa shape index (κ2) is 6.34.